The predicted molar refractivity (Wildman–Crippen MR) is 84.1 cm³/mol. The number of nitrogens with zero attached hydrogens (tertiary/aromatic N) is 1. The van der Waals surface area contributed by atoms with E-state index in [4.69, 9.17) is 5.11 Å². The van der Waals surface area contributed by atoms with Gasteiger partial charge in [0, 0.05) is 13.1 Å². The third-order valence-corrected chi connectivity index (χ3v) is 5.21. The van der Waals surface area contributed by atoms with Crippen molar-refractivity contribution in [3.05, 3.63) is 17.0 Å². The number of carbonyl (C=O) groups excluding carboxylic acids is 1. The number of carbonyl (C=O) groups is 2. The Morgan fingerprint density at radius 2 is 2.05 bits per heavy atom. The summed E-state index contributed by atoms with van der Waals surface area (Å²) in [6.45, 7) is 2.21. The first-order valence-electron chi connectivity index (χ1n) is 7.37. The van der Waals surface area contributed by atoms with Crippen LogP contribution in [0.25, 0.3) is 0 Å². The van der Waals surface area contributed by atoms with Gasteiger partial charge in [-0.05, 0) is 43.0 Å². The van der Waals surface area contributed by atoms with Crippen molar-refractivity contribution in [3.8, 4) is 0 Å². The van der Waals surface area contributed by atoms with E-state index in [1.807, 2.05) is 0 Å². The highest BCUT2D eigenvalue weighted by Crippen LogP contribution is 2.30. The fourth-order valence-corrected chi connectivity index (χ4v) is 3.63. The summed E-state index contributed by atoms with van der Waals surface area (Å²) in [6.07, 6.45) is 5.59. The summed E-state index contributed by atoms with van der Waals surface area (Å²) in [5.74, 6) is -0.230. The van der Waals surface area contributed by atoms with Gasteiger partial charge in [-0.3, -0.25) is 5.32 Å². The maximum atomic E-state index is 12.3. The van der Waals surface area contributed by atoms with Gasteiger partial charge in [0.25, 0.3) is 0 Å². The SMILES string of the molecule is CCC1CCC(N(C)C(=O)Nc2sccc2C(=O)O)CC1. The summed E-state index contributed by atoms with van der Waals surface area (Å²) in [4.78, 5) is 25.0. The molecule has 1 aromatic rings. The Labute approximate surface area is 129 Å². The molecule has 2 amide bonds. The fourth-order valence-electron chi connectivity index (χ4n) is 2.87. The molecule has 0 aliphatic heterocycles. The number of carboxylic acids is 1. The molecule has 0 bridgehead atoms. The quantitative estimate of drug-likeness (QED) is 0.886. The molecule has 1 aliphatic rings. The first kappa shape index (κ1) is 15.8. The standard InChI is InChI=1S/C15H22N2O3S/c1-3-10-4-6-11(7-5-10)17(2)15(20)16-13-12(14(18)19)8-9-21-13/h8-11H,3-7H2,1-2H3,(H,16,20)(H,18,19). The zero-order valence-corrected chi connectivity index (χ0v) is 13.3. The lowest BCUT2D eigenvalue weighted by atomic mass is 9.84. The van der Waals surface area contributed by atoms with Crippen LogP contribution in [0.15, 0.2) is 11.4 Å². The molecule has 1 aliphatic carbocycles. The number of anilines is 1. The van der Waals surface area contributed by atoms with E-state index in [1.165, 1.54) is 23.8 Å². The molecule has 1 aromatic heterocycles. The Kier molecular flexibility index (Phi) is 5.22. The van der Waals surface area contributed by atoms with Crippen LogP contribution >= 0.6 is 11.3 Å². The Hall–Kier alpha value is -1.56. The number of urea groups is 1. The van der Waals surface area contributed by atoms with E-state index in [-0.39, 0.29) is 17.6 Å². The van der Waals surface area contributed by atoms with Crippen molar-refractivity contribution >= 4 is 28.3 Å². The van der Waals surface area contributed by atoms with Crippen LogP contribution < -0.4 is 5.32 Å². The van der Waals surface area contributed by atoms with E-state index in [2.05, 4.69) is 12.2 Å². The topological polar surface area (TPSA) is 69.6 Å². The summed E-state index contributed by atoms with van der Waals surface area (Å²) >= 11 is 1.23. The molecule has 5 nitrogen and oxygen atoms in total. The van der Waals surface area contributed by atoms with Gasteiger partial charge in [-0.25, -0.2) is 9.59 Å². The van der Waals surface area contributed by atoms with Crippen LogP contribution in [0.5, 0.6) is 0 Å². The minimum absolute atomic E-state index is 0.149. The molecule has 21 heavy (non-hydrogen) atoms. The largest absolute Gasteiger partial charge is 0.478 e. The summed E-state index contributed by atoms with van der Waals surface area (Å²) in [7, 11) is 1.79. The summed E-state index contributed by atoms with van der Waals surface area (Å²) in [5, 5.41) is 13.8. The van der Waals surface area contributed by atoms with E-state index < -0.39 is 5.97 Å². The van der Waals surface area contributed by atoms with Crippen LogP contribution in [0, 0.1) is 5.92 Å². The molecule has 0 spiro atoms. The molecular formula is C15H22N2O3S. The molecule has 1 fully saturated rings. The van der Waals surface area contributed by atoms with Crippen LogP contribution in [0.3, 0.4) is 0 Å². The first-order valence-corrected chi connectivity index (χ1v) is 8.25. The Morgan fingerprint density at radius 1 is 1.38 bits per heavy atom. The van der Waals surface area contributed by atoms with Gasteiger partial charge in [0.15, 0.2) is 0 Å². The monoisotopic (exact) mass is 310 g/mol. The van der Waals surface area contributed by atoms with Crippen LogP contribution in [0.2, 0.25) is 0 Å². The second-order valence-corrected chi connectivity index (χ2v) is 6.51. The van der Waals surface area contributed by atoms with Crippen molar-refractivity contribution < 1.29 is 14.7 Å². The molecule has 1 heterocycles. The van der Waals surface area contributed by atoms with Crippen molar-refractivity contribution in [1.29, 1.82) is 0 Å². The Bertz CT molecular complexity index is 507. The van der Waals surface area contributed by atoms with Gasteiger partial charge in [0.1, 0.15) is 5.00 Å². The molecule has 0 unspecified atom stereocenters. The van der Waals surface area contributed by atoms with Crippen molar-refractivity contribution in [1.82, 2.24) is 4.90 Å². The van der Waals surface area contributed by atoms with Gasteiger partial charge in [-0.2, -0.15) is 0 Å². The number of rotatable bonds is 4. The average molecular weight is 310 g/mol. The molecular weight excluding hydrogens is 288 g/mol. The van der Waals surface area contributed by atoms with Crippen molar-refractivity contribution in [3.63, 3.8) is 0 Å². The van der Waals surface area contributed by atoms with Gasteiger partial charge in [0.05, 0.1) is 5.56 Å². The van der Waals surface area contributed by atoms with Crippen molar-refractivity contribution in [2.75, 3.05) is 12.4 Å². The highest BCUT2D eigenvalue weighted by molar-refractivity contribution is 7.14. The maximum Gasteiger partial charge on any atom is 0.338 e. The highest BCUT2D eigenvalue weighted by atomic mass is 32.1. The van der Waals surface area contributed by atoms with Crippen LogP contribution in [-0.4, -0.2) is 35.1 Å². The number of hydrogen-bond donors (Lipinski definition) is 2. The first-order chi connectivity index (χ1) is 10.0. The lowest BCUT2D eigenvalue weighted by Crippen LogP contribution is -2.41. The third-order valence-electron chi connectivity index (χ3n) is 4.38. The smallest absolute Gasteiger partial charge is 0.338 e. The maximum absolute atomic E-state index is 12.3. The van der Waals surface area contributed by atoms with Gasteiger partial charge < -0.3 is 10.0 Å². The Morgan fingerprint density at radius 3 is 2.62 bits per heavy atom. The molecule has 2 rings (SSSR count). The van der Waals surface area contributed by atoms with Gasteiger partial charge >= 0.3 is 12.0 Å². The van der Waals surface area contributed by atoms with E-state index >= 15 is 0 Å². The number of amides is 2. The lowest BCUT2D eigenvalue weighted by molar-refractivity contribution is 0.0698. The van der Waals surface area contributed by atoms with E-state index in [0.29, 0.717) is 5.00 Å². The van der Waals surface area contributed by atoms with Gasteiger partial charge in [-0.15, -0.1) is 11.3 Å². The number of hydrogen-bond acceptors (Lipinski definition) is 3. The van der Waals surface area contributed by atoms with Crippen LogP contribution in [0.1, 0.15) is 49.4 Å². The van der Waals surface area contributed by atoms with E-state index in [9.17, 15) is 9.59 Å². The summed E-state index contributed by atoms with van der Waals surface area (Å²) in [5.41, 5.74) is 0.149. The van der Waals surface area contributed by atoms with Crippen molar-refractivity contribution in [2.45, 2.75) is 45.1 Å². The third kappa shape index (κ3) is 3.75. The zero-order chi connectivity index (χ0) is 15.4. The summed E-state index contributed by atoms with van der Waals surface area (Å²) in [6, 6.07) is 1.54. The molecule has 1 saturated carbocycles. The molecule has 6 heteroatoms. The number of nitrogens with one attached hydrogen (secondary N) is 1. The average Bonchev–Trinajstić information content (AvgIpc) is 2.95. The minimum atomic E-state index is -1.02. The predicted octanol–water partition coefficient (Wildman–Crippen LogP) is 3.88. The minimum Gasteiger partial charge on any atom is -0.478 e. The lowest BCUT2D eigenvalue weighted by Gasteiger charge is -2.34. The molecule has 2 N–H and O–H groups in total. The van der Waals surface area contributed by atoms with E-state index in [1.54, 1.807) is 17.3 Å². The second kappa shape index (κ2) is 6.93. The fraction of sp³-hybridized carbons (Fsp3) is 0.600. The van der Waals surface area contributed by atoms with E-state index in [0.717, 1.165) is 31.6 Å². The molecule has 0 saturated heterocycles. The zero-order valence-electron chi connectivity index (χ0n) is 12.5. The van der Waals surface area contributed by atoms with Crippen LogP contribution in [-0.2, 0) is 0 Å². The van der Waals surface area contributed by atoms with Gasteiger partial charge in [0.2, 0.25) is 0 Å². The number of aromatic carboxylic acids is 1. The molecule has 116 valence electrons. The van der Waals surface area contributed by atoms with Gasteiger partial charge in [-0.1, -0.05) is 13.3 Å². The number of thiophene rings is 1. The normalized spacial score (nSPS) is 21.8. The van der Waals surface area contributed by atoms with Crippen LogP contribution in [0.4, 0.5) is 9.80 Å². The highest BCUT2D eigenvalue weighted by Gasteiger charge is 2.26. The number of carboxylic acid groups (broad SMARTS) is 1. The van der Waals surface area contributed by atoms with Crippen molar-refractivity contribution in [2.24, 2.45) is 5.92 Å². The molecule has 0 atom stereocenters. The second-order valence-electron chi connectivity index (χ2n) is 5.59. The molecule has 0 radical (unpaired) electrons. The molecule has 0 aromatic carbocycles. The summed E-state index contributed by atoms with van der Waals surface area (Å²) < 4.78 is 0. The Balaban J connectivity index is 1.94.